The molecule has 4 rings (SSSR count). The second-order valence-corrected chi connectivity index (χ2v) is 8.06. The van der Waals surface area contributed by atoms with Crippen molar-refractivity contribution in [2.75, 3.05) is 26.7 Å². The van der Waals surface area contributed by atoms with Crippen molar-refractivity contribution < 1.29 is 9.53 Å². The molecule has 0 atom stereocenters. The van der Waals surface area contributed by atoms with Gasteiger partial charge < -0.3 is 10.1 Å². The monoisotopic (exact) mass is 381 g/mol. The van der Waals surface area contributed by atoms with Gasteiger partial charge in [-0.25, -0.2) is 4.98 Å². The van der Waals surface area contributed by atoms with Crippen molar-refractivity contribution in [1.29, 1.82) is 0 Å². The van der Waals surface area contributed by atoms with Gasteiger partial charge in [0.05, 0.1) is 22.3 Å². The van der Waals surface area contributed by atoms with Gasteiger partial charge in [-0.05, 0) is 42.3 Å². The highest BCUT2D eigenvalue weighted by molar-refractivity contribution is 7.18. The van der Waals surface area contributed by atoms with E-state index in [1.807, 2.05) is 13.0 Å². The summed E-state index contributed by atoms with van der Waals surface area (Å²) in [4.78, 5) is 18.5. The van der Waals surface area contributed by atoms with Crippen LogP contribution in [0.2, 0.25) is 0 Å². The maximum atomic E-state index is 11.6. The standard InChI is InChI=1S/C21H23N3O2S/c1-14-23-18-12-16(4-6-20(18)27-14)17-11-15(3-5-19(17)26-2)13-24-9-7-21(25)22-8-10-24/h3-6,11-12H,7-10,13H2,1-2H3,(H,22,25). The predicted octanol–water partition coefficient (Wildman–Crippen LogP) is 3.60. The molecule has 0 radical (unpaired) electrons. The number of fused-ring (bicyclic) bond motifs is 1. The van der Waals surface area contributed by atoms with E-state index in [0.29, 0.717) is 13.0 Å². The van der Waals surface area contributed by atoms with Gasteiger partial charge in [-0.1, -0.05) is 12.1 Å². The molecule has 0 bridgehead atoms. The molecule has 1 aromatic heterocycles. The molecule has 1 saturated heterocycles. The number of nitrogens with zero attached hydrogens (tertiary/aromatic N) is 2. The lowest BCUT2D eigenvalue weighted by atomic mass is 10.0. The van der Waals surface area contributed by atoms with Crippen molar-refractivity contribution in [2.45, 2.75) is 19.9 Å². The maximum absolute atomic E-state index is 11.6. The summed E-state index contributed by atoms with van der Waals surface area (Å²) in [5, 5.41) is 4.00. The van der Waals surface area contributed by atoms with Crippen molar-refractivity contribution >= 4 is 27.5 Å². The third kappa shape index (κ3) is 3.96. The van der Waals surface area contributed by atoms with Crippen LogP contribution in [0.4, 0.5) is 0 Å². The number of ether oxygens (including phenoxy) is 1. The molecule has 0 saturated carbocycles. The van der Waals surface area contributed by atoms with Gasteiger partial charge in [-0.2, -0.15) is 0 Å². The van der Waals surface area contributed by atoms with Crippen LogP contribution >= 0.6 is 11.3 Å². The topological polar surface area (TPSA) is 54.5 Å². The SMILES string of the molecule is COc1ccc(CN2CCNC(=O)CC2)cc1-c1ccc2sc(C)nc2c1. The average Bonchev–Trinajstić information content (AvgIpc) is 2.92. The third-order valence-electron chi connectivity index (χ3n) is 4.88. The Morgan fingerprint density at radius 2 is 2.11 bits per heavy atom. The van der Waals surface area contributed by atoms with Crippen molar-refractivity contribution in [3.05, 3.63) is 47.0 Å². The van der Waals surface area contributed by atoms with E-state index in [4.69, 9.17) is 4.74 Å². The summed E-state index contributed by atoms with van der Waals surface area (Å²) >= 11 is 1.71. The normalized spacial score (nSPS) is 15.6. The number of thiazole rings is 1. The van der Waals surface area contributed by atoms with E-state index in [0.717, 1.165) is 47.0 Å². The second kappa shape index (κ2) is 7.66. The Balaban J connectivity index is 1.64. The van der Waals surface area contributed by atoms with E-state index in [2.05, 4.69) is 45.5 Å². The molecule has 2 heterocycles. The van der Waals surface area contributed by atoms with Gasteiger partial charge in [-0.3, -0.25) is 9.69 Å². The summed E-state index contributed by atoms with van der Waals surface area (Å²) in [5.74, 6) is 0.998. The van der Waals surface area contributed by atoms with Crippen LogP contribution < -0.4 is 10.1 Å². The third-order valence-corrected chi connectivity index (χ3v) is 5.83. The summed E-state index contributed by atoms with van der Waals surface area (Å²) in [6, 6.07) is 12.7. The quantitative estimate of drug-likeness (QED) is 0.750. The molecule has 1 amide bonds. The predicted molar refractivity (Wildman–Crippen MR) is 109 cm³/mol. The molecule has 1 fully saturated rings. The summed E-state index contributed by atoms with van der Waals surface area (Å²) < 4.78 is 6.81. The van der Waals surface area contributed by atoms with Gasteiger partial charge in [0.25, 0.3) is 0 Å². The zero-order chi connectivity index (χ0) is 18.8. The molecule has 2 aromatic carbocycles. The fourth-order valence-electron chi connectivity index (χ4n) is 3.52. The Bertz CT molecular complexity index is 983. The van der Waals surface area contributed by atoms with Gasteiger partial charge in [0.1, 0.15) is 5.75 Å². The minimum atomic E-state index is 0.139. The highest BCUT2D eigenvalue weighted by Gasteiger charge is 2.15. The number of hydrogen-bond donors (Lipinski definition) is 1. The van der Waals surface area contributed by atoms with E-state index >= 15 is 0 Å². The molecule has 0 spiro atoms. The Morgan fingerprint density at radius 3 is 2.96 bits per heavy atom. The number of aromatic nitrogens is 1. The molecule has 1 N–H and O–H groups in total. The zero-order valence-electron chi connectivity index (χ0n) is 15.6. The summed E-state index contributed by atoms with van der Waals surface area (Å²) in [6.07, 6.45) is 0.558. The number of hydrogen-bond acceptors (Lipinski definition) is 5. The van der Waals surface area contributed by atoms with Crippen LogP contribution in [0.25, 0.3) is 21.3 Å². The molecule has 1 aliphatic rings. The number of methoxy groups -OCH3 is 1. The minimum Gasteiger partial charge on any atom is -0.496 e. The van der Waals surface area contributed by atoms with Crippen LogP contribution in [-0.4, -0.2) is 42.5 Å². The molecular weight excluding hydrogens is 358 g/mol. The van der Waals surface area contributed by atoms with Crippen LogP contribution in [-0.2, 0) is 11.3 Å². The largest absolute Gasteiger partial charge is 0.496 e. The summed E-state index contributed by atoms with van der Waals surface area (Å²) in [6.45, 7) is 5.23. The van der Waals surface area contributed by atoms with Crippen LogP contribution in [0, 0.1) is 6.92 Å². The van der Waals surface area contributed by atoms with Crippen molar-refractivity contribution in [2.24, 2.45) is 0 Å². The molecule has 140 valence electrons. The van der Waals surface area contributed by atoms with Crippen LogP contribution in [0.3, 0.4) is 0 Å². The van der Waals surface area contributed by atoms with Crippen molar-refractivity contribution in [3.63, 3.8) is 0 Å². The van der Waals surface area contributed by atoms with Gasteiger partial charge in [-0.15, -0.1) is 11.3 Å². The molecule has 3 aromatic rings. The van der Waals surface area contributed by atoms with Gasteiger partial charge in [0, 0.05) is 38.2 Å². The van der Waals surface area contributed by atoms with E-state index in [1.54, 1.807) is 18.4 Å². The second-order valence-electron chi connectivity index (χ2n) is 6.83. The number of amides is 1. The number of benzene rings is 2. The Labute approximate surface area is 163 Å². The lowest BCUT2D eigenvalue weighted by molar-refractivity contribution is -0.120. The fourth-order valence-corrected chi connectivity index (χ4v) is 4.33. The first-order valence-electron chi connectivity index (χ1n) is 9.16. The van der Waals surface area contributed by atoms with Gasteiger partial charge >= 0.3 is 0 Å². The van der Waals surface area contributed by atoms with E-state index in [-0.39, 0.29) is 5.91 Å². The lowest BCUT2D eigenvalue weighted by Crippen LogP contribution is -2.28. The number of carbonyl (C=O) groups excluding carboxylic acids is 1. The molecule has 5 nitrogen and oxygen atoms in total. The average molecular weight is 382 g/mol. The van der Waals surface area contributed by atoms with E-state index in [1.165, 1.54) is 10.3 Å². The lowest BCUT2D eigenvalue weighted by Gasteiger charge is -2.20. The minimum absolute atomic E-state index is 0.139. The number of carbonyl (C=O) groups is 1. The van der Waals surface area contributed by atoms with Crippen molar-refractivity contribution in [1.82, 2.24) is 15.2 Å². The molecule has 1 aliphatic heterocycles. The molecular formula is C21H23N3O2S. The van der Waals surface area contributed by atoms with E-state index in [9.17, 15) is 4.79 Å². The van der Waals surface area contributed by atoms with E-state index < -0.39 is 0 Å². The van der Waals surface area contributed by atoms with Crippen LogP contribution in [0.1, 0.15) is 17.0 Å². The molecule has 6 heteroatoms. The summed E-state index contributed by atoms with van der Waals surface area (Å²) in [7, 11) is 1.70. The zero-order valence-corrected chi connectivity index (χ0v) is 16.4. The Hall–Kier alpha value is -2.44. The van der Waals surface area contributed by atoms with Gasteiger partial charge in [0.15, 0.2) is 0 Å². The number of aryl methyl sites for hydroxylation is 1. The first kappa shape index (κ1) is 17.9. The Morgan fingerprint density at radius 1 is 1.22 bits per heavy atom. The van der Waals surface area contributed by atoms with Crippen molar-refractivity contribution in [3.8, 4) is 16.9 Å². The number of nitrogens with one attached hydrogen (secondary N) is 1. The maximum Gasteiger partial charge on any atom is 0.221 e. The summed E-state index contributed by atoms with van der Waals surface area (Å²) in [5.41, 5.74) is 4.43. The smallest absolute Gasteiger partial charge is 0.221 e. The fraction of sp³-hybridized carbons (Fsp3) is 0.333. The van der Waals surface area contributed by atoms with Crippen LogP contribution in [0.15, 0.2) is 36.4 Å². The molecule has 0 unspecified atom stereocenters. The Kier molecular flexibility index (Phi) is 5.09. The highest BCUT2D eigenvalue weighted by atomic mass is 32.1. The van der Waals surface area contributed by atoms with Crippen LogP contribution in [0.5, 0.6) is 5.75 Å². The van der Waals surface area contributed by atoms with Gasteiger partial charge in [0.2, 0.25) is 5.91 Å². The first-order chi connectivity index (χ1) is 13.1. The number of rotatable bonds is 4. The first-order valence-corrected chi connectivity index (χ1v) is 9.97. The molecule has 27 heavy (non-hydrogen) atoms. The highest BCUT2D eigenvalue weighted by Crippen LogP contribution is 2.34. The molecule has 0 aliphatic carbocycles.